The van der Waals surface area contributed by atoms with Crippen LogP contribution in [0, 0.1) is 22.9 Å². The Hall–Kier alpha value is -4.18. The largest absolute Gasteiger partial charge is 0.325 e. The van der Waals surface area contributed by atoms with Crippen LogP contribution in [0.1, 0.15) is 38.5 Å². The summed E-state index contributed by atoms with van der Waals surface area (Å²) in [4.78, 5) is 16.8. The first kappa shape index (κ1) is 24.1. The van der Waals surface area contributed by atoms with E-state index in [0.29, 0.717) is 25.0 Å². The highest BCUT2D eigenvalue weighted by atomic mass is 15.2. The Morgan fingerprint density at radius 2 is 1.03 bits per heavy atom. The molecule has 0 aliphatic rings. The minimum absolute atomic E-state index is 0.443. The van der Waals surface area contributed by atoms with E-state index in [1.807, 2.05) is 36.7 Å². The van der Waals surface area contributed by atoms with Gasteiger partial charge in [-0.05, 0) is 37.1 Å². The maximum atomic E-state index is 8.87. The lowest BCUT2D eigenvalue weighted by Gasteiger charge is -2.08. The number of nitriles is 2. The van der Waals surface area contributed by atoms with Crippen molar-refractivity contribution < 1.29 is 0 Å². The van der Waals surface area contributed by atoms with Crippen molar-refractivity contribution in [3.63, 3.8) is 0 Å². The average molecular weight is 433 g/mol. The topological polar surface area (TPSA) is 146 Å². The number of pyridine rings is 2. The molecule has 0 aliphatic heterocycles. The number of nitrogens with zero attached hydrogens (tertiary/aromatic N) is 6. The predicted molar refractivity (Wildman–Crippen MR) is 126 cm³/mol. The van der Waals surface area contributed by atoms with Crippen LogP contribution in [0.4, 0.5) is 11.4 Å². The zero-order valence-electron chi connectivity index (χ0n) is 18.0. The molecule has 0 atom stereocenters. The fourth-order valence-corrected chi connectivity index (χ4v) is 2.78. The molecule has 0 amide bonds. The van der Waals surface area contributed by atoms with Crippen LogP contribution in [-0.2, 0) is 0 Å². The third-order valence-corrected chi connectivity index (χ3v) is 4.34. The van der Waals surface area contributed by atoms with Crippen molar-refractivity contribution >= 4 is 23.3 Å². The van der Waals surface area contributed by atoms with Crippen LogP contribution >= 0.6 is 0 Å². The van der Waals surface area contributed by atoms with E-state index in [1.54, 1.807) is 24.8 Å². The number of guanidine groups is 2. The van der Waals surface area contributed by atoms with Gasteiger partial charge in [0.25, 0.3) is 0 Å². The van der Waals surface area contributed by atoms with Crippen LogP contribution in [0.25, 0.3) is 0 Å². The molecule has 2 aromatic heterocycles. The summed E-state index contributed by atoms with van der Waals surface area (Å²) < 4.78 is 0. The summed E-state index contributed by atoms with van der Waals surface area (Å²) in [6.45, 7) is 1.30. The number of anilines is 2. The van der Waals surface area contributed by atoms with E-state index >= 15 is 0 Å². The summed E-state index contributed by atoms with van der Waals surface area (Å²) in [7, 11) is 0. The van der Waals surface area contributed by atoms with Gasteiger partial charge in [0.15, 0.2) is 12.4 Å². The number of rotatable bonds is 11. The second-order valence-electron chi connectivity index (χ2n) is 6.78. The zero-order chi connectivity index (χ0) is 22.7. The standard InChI is InChI=1S/C22H28N10/c23-17-29-21(31-19-7-13-25-14-8-19)27-11-5-3-1-2-4-6-12-28-22(30-18-24)32-20-9-15-26-16-10-20/h7-10,13-16H,1-6,11-12H2,(H2,25,27,29,31)(H2,26,28,30,32). The maximum Gasteiger partial charge on any atom is 0.209 e. The Balaban J connectivity index is 1.58. The van der Waals surface area contributed by atoms with Crippen LogP contribution in [-0.4, -0.2) is 35.0 Å². The van der Waals surface area contributed by atoms with Gasteiger partial charge in [-0.15, -0.1) is 0 Å². The van der Waals surface area contributed by atoms with Crippen molar-refractivity contribution in [2.75, 3.05) is 23.7 Å². The molecule has 32 heavy (non-hydrogen) atoms. The summed E-state index contributed by atoms with van der Waals surface area (Å²) >= 11 is 0. The molecular weight excluding hydrogens is 404 g/mol. The van der Waals surface area contributed by atoms with Crippen molar-refractivity contribution in [1.82, 2.24) is 20.6 Å². The molecule has 0 fully saturated rings. The maximum absolute atomic E-state index is 8.87. The highest BCUT2D eigenvalue weighted by molar-refractivity contribution is 5.95. The Bertz CT molecular complexity index is 836. The van der Waals surface area contributed by atoms with Gasteiger partial charge in [0.1, 0.15) is 0 Å². The molecule has 0 unspecified atom stereocenters. The SMILES string of the molecule is N#CNC(=NCCCCCCCCN=C(NC#N)Nc1ccncc1)Nc1ccncc1. The Morgan fingerprint density at radius 3 is 1.41 bits per heavy atom. The number of aromatic nitrogens is 2. The molecule has 0 saturated heterocycles. The van der Waals surface area contributed by atoms with Crippen LogP contribution in [0.3, 0.4) is 0 Å². The highest BCUT2D eigenvalue weighted by Gasteiger charge is 2.00. The summed E-state index contributed by atoms with van der Waals surface area (Å²) in [5, 5.41) is 29.0. The van der Waals surface area contributed by atoms with Crippen LogP contribution in [0.2, 0.25) is 0 Å². The molecule has 2 aromatic rings. The normalized spacial score (nSPS) is 11.2. The van der Waals surface area contributed by atoms with Gasteiger partial charge in [0.2, 0.25) is 11.9 Å². The molecule has 0 saturated carbocycles. The first-order valence-corrected chi connectivity index (χ1v) is 10.5. The monoisotopic (exact) mass is 432 g/mol. The van der Waals surface area contributed by atoms with Gasteiger partial charge in [-0.2, -0.15) is 10.5 Å². The van der Waals surface area contributed by atoms with Crippen molar-refractivity contribution in [2.45, 2.75) is 38.5 Å². The first-order valence-electron chi connectivity index (χ1n) is 10.5. The zero-order valence-corrected chi connectivity index (χ0v) is 18.0. The van der Waals surface area contributed by atoms with Gasteiger partial charge in [-0.1, -0.05) is 25.7 Å². The van der Waals surface area contributed by atoms with Crippen molar-refractivity contribution in [1.29, 1.82) is 10.5 Å². The molecule has 4 N–H and O–H groups in total. The van der Waals surface area contributed by atoms with Gasteiger partial charge in [-0.25, -0.2) is 0 Å². The molecule has 0 bridgehead atoms. The van der Waals surface area contributed by atoms with Gasteiger partial charge in [0, 0.05) is 49.3 Å². The van der Waals surface area contributed by atoms with Crippen LogP contribution in [0.15, 0.2) is 59.0 Å². The fourth-order valence-electron chi connectivity index (χ4n) is 2.78. The fraction of sp³-hybridized carbons (Fsp3) is 0.364. The quantitative estimate of drug-likeness (QED) is 0.139. The van der Waals surface area contributed by atoms with E-state index in [1.165, 1.54) is 0 Å². The van der Waals surface area contributed by atoms with E-state index in [9.17, 15) is 0 Å². The van der Waals surface area contributed by atoms with Gasteiger partial charge >= 0.3 is 0 Å². The van der Waals surface area contributed by atoms with Crippen molar-refractivity contribution in [2.24, 2.45) is 9.98 Å². The lowest BCUT2D eigenvalue weighted by Crippen LogP contribution is -2.27. The Morgan fingerprint density at radius 1 is 0.656 bits per heavy atom. The summed E-state index contributed by atoms with van der Waals surface area (Å²) in [5.74, 6) is 0.887. The third-order valence-electron chi connectivity index (χ3n) is 4.34. The minimum Gasteiger partial charge on any atom is -0.325 e. The second kappa shape index (κ2) is 15.6. The second-order valence-corrected chi connectivity index (χ2v) is 6.78. The molecule has 0 radical (unpaired) electrons. The summed E-state index contributed by atoms with van der Waals surface area (Å²) in [5.41, 5.74) is 1.65. The van der Waals surface area contributed by atoms with Crippen LogP contribution in [0.5, 0.6) is 0 Å². The summed E-state index contributed by atoms with van der Waals surface area (Å²) in [6, 6.07) is 7.25. The number of hydrogen-bond donors (Lipinski definition) is 4. The Kier molecular flexibility index (Phi) is 11.8. The smallest absolute Gasteiger partial charge is 0.209 e. The predicted octanol–water partition coefficient (Wildman–Crippen LogP) is 3.19. The number of aliphatic imine (C=N–C) groups is 2. The van der Waals surface area contributed by atoms with Gasteiger partial charge < -0.3 is 10.6 Å². The molecular formula is C22H28N10. The molecule has 0 spiro atoms. The van der Waals surface area contributed by atoms with E-state index in [4.69, 9.17) is 10.5 Å². The van der Waals surface area contributed by atoms with Crippen LogP contribution < -0.4 is 21.3 Å². The molecule has 2 heterocycles. The number of unbranched alkanes of at least 4 members (excludes halogenated alkanes) is 5. The average Bonchev–Trinajstić information content (AvgIpc) is 2.81. The number of nitrogens with one attached hydrogen (secondary N) is 4. The van der Waals surface area contributed by atoms with E-state index in [-0.39, 0.29) is 0 Å². The molecule has 10 nitrogen and oxygen atoms in total. The van der Waals surface area contributed by atoms with E-state index in [0.717, 1.165) is 49.9 Å². The molecule has 2 rings (SSSR count). The summed E-state index contributed by atoms with van der Waals surface area (Å²) in [6.07, 6.45) is 16.8. The molecule has 0 aromatic carbocycles. The van der Waals surface area contributed by atoms with Crippen molar-refractivity contribution in [3.05, 3.63) is 49.1 Å². The van der Waals surface area contributed by atoms with Crippen molar-refractivity contribution in [3.8, 4) is 12.4 Å². The molecule has 10 heteroatoms. The van der Waals surface area contributed by atoms with E-state index in [2.05, 4.69) is 41.2 Å². The minimum atomic E-state index is 0.443. The number of hydrogen-bond acceptors (Lipinski definition) is 6. The molecule has 0 aliphatic carbocycles. The highest BCUT2D eigenvalue weighted by Crippen LogP contribution is 2.07. The first-order chi connectivity index (χ1) is 15.8. The lowest BCUT2D eigenvalue weighted by molar-refractivity contribution is 0.601. The van der Waals surface area contributed by atoms with E-state index < -0.39 is 0 Å². The third kappa shape index (κ3) is 10.6. The molecule has 166 valence electrons. The van der Waals surface area contributed by atoms with Gasteiger partial charge in [0.05, 0.1) is 0 Å². The Labute approximate surface area is 188 Å². The van der Waals surface area contributed by atoms with Gasteiger partial charge in [-0.3, -0.25) is 30.6 Å². The lowest BCUT2D eigenvalue weighted by atomic mass is 10.1.